The van der Waals surface area contributed by atoms with Crippen LogP contribution < -0.4 is 5.48 Å². The molecular formula is C8H15N3O. The van der Waals surface area contributed by atoms with Crippen molar-refractivity contribution in [1.29, 1.82) is 0 Å². The highest BCUT2D eigenvalue weighted by Crippen LogP contribution is 1.98. The average Bonchev–Trinajstić information content (AvgIpc) is 2.50. The lowest BCUT2D eigenvalue weighted by atomic mass is 10.4. The highest BCUT2D eigenvalue weighted by atomic mass is 16.6. The molecular weight excluding hydrogens is 154 g/mol. The molecule has 0 spiro atoms. The number of rotatable bonds is 5. The summed E-state index contributed by atoms with van der Waals surface area (Å²) in [4.78, 5) is 8.94. The summed E-state index contributed by atoms with van der Waals surface area (Å²) in [5, 5.41) is 0. The SMILES string of the molecule is CCCn1ccnc1CNOC. The van der Waals surface area contributed by atoms with Gasteiger partial charge < -0.3 is 9.40 Å². The molecule has 0 aliphatic rings. The Morgan fingerprint density at radius 3 is 3.17 bits per heavy atom. The van der Waals surface area contributed by atoms with Gasteiger partial charge in [-0.2, -0.15) is 5.48 Å². The molecule has 1 aromatic heterocycles. The molecule has 0 bridgehead atoms. The molecule has 0 amide bonds. The summed E-state index contributed by atoms with van der Waals surface area (Å²) in [5.41, 5.74) is 2.77. The Balaban J connectivity index is 2.51. The number of aromatic nitrogens is 2. The van der Waals surface area contributed by atoms with Crippen molar-refractivity contribution in [3.63, 3.8) is 0 Å². The van der Waals surface area contributed by atoms with Crippen LogP contribution in [0.15, 0.2) is 12.4 Å². The van der Waals surface area contributed by atoms with Crippen molar-refractivity contribution in [3.05, 3.63) is 18.2 Å². The summed E-state index contributed by atoms with van der Waals surface area (Å²) in [6, 6.07) is 0. The lowest BCUT2D eigenvalue weighted by Crippen LogP contribution is -2.15. The largest absolute Gasteiger partial charge is 0.334 e. The highest BCUT2D eigenvalue weighted by Gasteiger charge is 1.99. The zero-order chi connectivity index (χ0) is 8.81. The first-order chi connectivity index (χ1) is 5.88. The van der Waals surface area contributed by atoms with Crippen molar-refractivity contribution in [1.82, 2.24) is 15.0 Å². The van der Waals surface area contributed by atoms with E-state index < -0.39 is 0 Å². The molecule has 0 atom stereocenters. The monoisotopic (exact) mass is 169 g/mol. The normalized spacial score (nSPS) is 10.5. The number of hydrogen-bond donors (Lipinski definition) is 1. The molecule has 68 valence electrons. The molecule has 0 aliphatic heterocycles. The molecule has 12 heavy (non-hydrogen) atoms. The zero-order valence-corrected chi connectivity index (χ0v) is 7.58. The van der Waals surface area contributed by atoms with Crippen molar-refractivity contribution in [2.75, 3.05) is 7.11 Å². The molecule has 0 saturated heterocycles. The van der Waals surface area contributed by atoms with Gasteiger partial charge in [0, 0.05) is 18.9 Å². The van der Waals surface area contributed by atoms with E-state index >= 15 is 0 Å². The fourth-order valence-electron chi connectivity index (χ4n) is 1.09. The van der Waals surface area contributed by atoms with Gasteiger partial charge in [0.2, 0.25) is 0 Å². The molecule has 1 aromatic rings. The van der Waals surface area contributed by atoms with Crippen molar-refractivity contribution < 1.29 is 4.84 Å². The number of nitrogens with one attached hydrogen (secondary N) is 1. The summed E-state index contributed by atoms with van der Waals surface area (Å²) >= 11 is 0. The van der Waals surface area contributed by atoms with Gasteiger partial charge in [0.1, 0.15) is 5.82 Å². The Labute approximate surface area is 72.5 Å². The van der Waals surface area contributed by atoms with Crippen LogP contribution in [0.2, 0.25) is 0 Å². The van der Waals surface area contributed by atoms with Crippen LogP contribution in [-0.4, -0.2) is 16.7 Å². The molecule has 0 aliphatic carbocycles. The maximum atomic E-state index is 4.74. The Kier molecular flexibility index (Phi) is 3.76. The second kappa shape index (κ2) is 4.90. The summed E-state index contributed by atoms with van der Waals surface area (Å²) in [6.45, 7) is 3.82. The first kappa shape index (κ1) is 9.22. The fraction of sp³-hybridized carbons (Fsp3) is 0.625. The zero-order valence-electron chi connectivity index (χ0n) is 7.58. The quantitative estimate of drug-likeness (QED) is 0.667. The van der Waals surface area contributed by atoms with Crippen LogP contribution >= 0.6 is 0 Å². The molecule has 1 N–H and O–H groups in total. The van der Waals surface area contributed by atoms with Gasteiger partial charge in [0.25, 0.3) is 0 Å². The van der Waals surface area contributed by atoms with E-state index in [0.29, 0.717) is 6.54 Å². The number of hydroxylamine groups is 1. The predicted octanol–water partition coefficient (Wildman–Crippen LogP) is 0.944. The summed E-state index contributed by atoms with van der Waals surface area (Å²) in [6.07, 6.45) is 4.91. The van der Waals surface area contributed by atoms with Gasteiger partial charge >= 0.3 is 0 Å². The standard InChI is InChI=1S/C8H15N3O/c1-3-5-11-6-4-9-8(11)7-10-12-2/h4,6,10H,3,5,7H2,1-2H3. The third kappa shape index (κ3) is 2.32. The minimum absolute atomic E-state index is 0.656. The summed E-state index contributed by atoms with van der Waals surface area (Å²) < 4.78 is 2.12. The van der Waals surface area contributed by atoms with E-state index in [1.807, 2.05) is 12.4 Å². The lowest BCUT2D eigenvalue weighted by Gasteiger charge is -2.05. The molecule has 0 unspecified atom stereocenters. The first-order valence-electron chi connectivity index (χ1n) is 4.14. The van der Waals surface area contributed by atoms with Gasteiger partial charge in [-0.05, 0) is 6.42 Å². The predicted molar refractivity (Wildman–Crippen MR) is 46.4 cm³/mol. The van der Waals surface area contributed by atoms with Gasteiger partial charge in [0.05, 0.1) is 13.7 Å². The van der Waals surface area contributed by atoms with Gasteiger partial charge in [-0.15, -0.1) is 0 Å². The van der Waals surface area contributed by atoms with Crippen LogP contribution in [-0.2, 0) is 17.9 Å². The Bertz CT molecular complexity index is 222. The van der Waals surface area contributed by atoms with Gasteiger partial charge in [0.15, 0.2) is 0 Å². The van der Waals surface area contributed by atoms with E-state index in [2.05, 4.69) is 22.0 Å². The van der Waals surface area contributed by atoms with Crippen LogP contribution in [0.1, 0.15) is 19.2 Å². The number of nitrogens with zero attached hydrogens (tertiary/aromatic N) is 2. The molecule has 4 heteroatoms. The lowest BCUT2D eigenvalue weighted by molar-refractivity contribution is 0.0840. The second-order valence-electron chi connectivity index (χ2n) is 2.56. The van der Waals surface area contributed by atoms with E-state index in [1.165, 1.54) is 0 Å². The van der Waals surface area contributed by atoms with Crippen LogP contribution in [0.5, 0.6) is 0 Å². The second-order valence-corrected chi connectivity index (χ2v) is 2.56. The van der Waals surface area contributed by atoms with Crippen LogP contribution in [0.25, 0.3) is 0 Å². The summed E-state index contributed by atoms with van der Waals surface area (Å²) in [5.74, 6) is 1.01. The molecule has 4 nitrogen and oxygen atoms in total. The maximum absolute atomic E-state index is 4.74. The third-order valence-corrected chi connectivity index (χ3v) is 1.64. The fourth-order valence-corrected chi connectivity index (χ4v) is 1.09. The molecule has 1 rings (SSSR count). The molecule has 0 radical (unpaired) electrons. The average molecular weight is 169 g/mol. The van der Waals surface area contributed by atoms with Gasteiger partial charge in [-0.25, -0.2) is 4.98 Å². The van der Waals surface area contributed by atoms with Gasteiger partial charge in [-0.1, -0.05) is 6.92 Å². The van der Waals surface area contributed by atoms with Crippen LogP contribution in [0, 0.1) is 0 Å². The molecule has 0 fully saturated rings. The van der Waals surface area contributed by atoms with E-state index in [4.69, 9.17) is 4.84 Å². The smallest absolute Gasteiger partial charge is 0.125 e. The Morgan fingerprint density at radius 1 is 1.67 bits per heavy atom. The minimum atomic E-state index is 0.656. The van der Waals surface area contributed by atoms with Crippen molar-refractivity contribution in [2.24, 2.45) is 0 Å². The molecule has 0 saturated carbocycles. The highest BCUT2D eigenvalue weighted by molar-refractivity contribution is 4.90. The Morgan fingerprint density at radius 2 is 2.50 bits per heavy atom. The molecule has 0 aromatic carbocycles. The van der Waals surface area contributed by atoms with Gasteiger partial charge in [-0.3, -0.25) is 0 Å². The minimum Gasteiger partial charge on any atom is -0.334 e. The van der Waals surface area contributed by atoms with Crippen LogP contribution in [0.4, 0.5) is 0 Å². The molecule has 1 heterocycles. The van der Waals surface area contributed by atoms with Crippen molar-refractivity contribution in [3.8, 4) is 0 Å². The third-order valence-electron chi connectivity index (χ3n) is 1.64. The summed E-state index contributed by atoms with van der Waals surface area (Å²) in [7, 11) is 1.60. The van der Waals surface area contributed by atoms with E-state index in [-0.39, 0.29) is 0 Å². The topological polar surface area (TPSA) is 39.1 Å². The maximum Gasteiger partial charge on any atom is 0.125 e. The van der Waals surface area contributed by atoms with Crippen molar-refractivity contribution >= 4 is 0 Å². The van der Waals surface area contributed by atoms with E-state index in [9.17, 15) is 0 Å². The van der Waals surface area contributed by atoms with E-state index in [1.54, 1.807) is 7.11 Å². The van der Waals surface area contributed by atoms with E-state index in [0.717, 1.165) is 18.8 Å². The Hall–Kier alpha value is -0.870. The number of hydrogen-bond acceptors (Lipinski definition) is 3. The van der Waals surface area contributed by atoms with Crippen LogP contribution in [0.3, 0.4) is 0 Å². The number of imidazole rings is 1. The number of aryl methyl sites for hydroxylation is 1. The van der Waals surface area contributed by atoms with Crippen molar-refractivity contribution in [2.45, 2.75) is 26.4 Å². The first-order valence-corrected chi connectivity index (χ1v) is 4.14.